The predicted molar refractivity (Wildman–Crippen MR) is 83.5 cm³/mol. The van der Waals surface area contributed by atoms with Crippen LogP contribution in [0.1, 0.15) is 25.8 Å². The van der Waals surface area contributed by atoms with Gasteiger partial charge in [0.1, 0.15) is 0 Å². The first-order valence-electron chi connectivity index (χ1n) is 7.19. The Labute approximate surface area is 126 Å². The highest BCUT2D eigenvalue weighted by Crippen LogP contribution is 2.19. The van der Waals surface area contributed by atoms with E-state index in [1.807, 2.05) is 49.9 Å². The number of para-hydroxylation sites is 1. The Morgan fingerprint density at radius 1 is 1.29 bits per heavy atom. The Balaban J connectivity index is 2.75. The molecule has 0 spiro atoms. The van der Waals surface area contributed by atoms with Gasteiger partial charge in [0.2, 0.25) is 5.91 Å². The number of hydrogen-bond donors (Lipinski definition) is 2. The molecule has 0 saturated carbocycles. The minimum absolute atomic E-state index is 0.00575. The van der Waals surface area contributed by atoms with Gasteiger partial charge in [-0.15, -0.1) is 0 Å². The molecule has 0 aliphatic rings. The van der Waals surface area contributed by atoms with Crippen LogP contribution >= 0.6 is 0 Å². The Kier molecular flexibility index (Phi) is 6.72. The minimum atomic E-state index is -0.865. The molecule has 1 rings (SSSR count). The van der Waals surface area contributed by atoms with Gasteiger partial charge in [0.15, 0.2) is 0 Å². The molecule has 5 nitrogen and oxygen atoms in total. The van der Waals surface area contributed by atoms with Crippen LogP contribution in [-0.4, -0.2) is 36.6 Å². The van der Waals surface area contributed by atoms with Gasteiger partial charge in [-0.2, -0.15) is 0 Å². The van der Waals surface area contributed by atoms with E-state index in [9.17, 15) is 9.59 Å². The number of carbonyl (C=O) groups is 2. The third kappa shape index (κ3) is 6.29. The molecule has 0 atom stereocenters. The van der Waals surface area contributed by atoms with Gasteiger partial charge in [-0.25, -0.2) is 0 Å². The molecule has 0 aliphatic heterocycles. The zero-order chi connectivity index (χ0) is 15.8. The molecule has 0 fully saturated rings. The highest BCUT2D eigenvalue weighted by atomic mass is 16.4. The van der Waals surface area contributed by atoms with Crippen molar-refractivity contribution in [3.05, 3.63) is 29.8 Å². The molecule has 0 saturated heterocycles. The molecule has 0 unspecified atom stereocenters. The maximum absolute atomic E-state index is 12.0. The van der Waals surface area contributed by atoms with Crippen LogP contribution in [0.2, 0.25) is 0 Å². The first kappa shape index (κ1) is 17.0. The largest absolute Gasteiger partial charge is 0.481 e. The van der Waals surface area contributed by atoms with Gasteiger partial charge in [-0.3, -0.25) is 9.59 Å². The second kappa shape index (κ2) is 8.29. The average Bonchev–Trinajstić information content (AvgIpc) is 2.41. The molecule has 1 aromatic rings. The van der Waals surface area contributed by atoms with E-state index in [4.69, 9.17) is 5.11 Å². The van der Waals surface area contributed by atoms with E-state index in [1.54, 1.807) is 0 Å². The van der Waals surface area contributed by atoms with E-state index < -0.39 is 5.97 Å². The van der Waals surface area contributed by atoms with Gasteiger partial charge in [0, 0.05) is 18.8 Å². The molecule has 21 heavy (non-hydrogen) atoms. The normalized spacial score (nSPS) is 10.5. The number of nitrogens with one attached hydrogen (secondary N) is 1. The summed E-state index contributed by atoms with van der Waals surface area (Å²) in [5, 5.41) is 11.7. The fourth-order valence-corrected chi connectivity index (χ4v) is 1.98. The van der Waals surface area contributed by atoms with E-state index in [2.05, 4.69) is 5.32 Å². The summed E-state index contributed by atoms with van der Waals surface area (Å²) in [5.74, 6) is -0.562. The maximum Gasteiger partial charge on any atom is 0.305 e. The van der Waals surface area contributed by atoms with E-state index in [1.165, 1.54) is 0 Å². The zero-order valence-corrected chi connectivity index (χ0v) is 12.9. The Hall–Kier alpha value is -2.04. The summed E-state index contributed by atoms with van der Waals surface area (Å²) in [5.41, 5.74) is 1.93. The number of anilines is 1. The van der Waals surface area contributed by atoms with E-state index in [-0.39, 0.29) is 18.9 Å². The van der Waals surface area contributed by atoms with E-state index in [0.717, 1.165) is 11.3 Å². The smallest absolute Gasteiger partial charge is 0.305 e. The minimum Gasteiger partial charge on any atom is -0.481 e. The molecule has 0 heterocycles. The number of amides is 1. The summed E-state index contributed by atoms with van der Waals surface area (Å²) in [7, 11) is 0. The molecule has 0 bridgehead atoms. The Bertz CT molecular complexity index is 486. The van der Waals surface area contributed by atoms with Crippen molar-refractivity contribution in [2.45, 2.75) is 27.2 Å². The van der Waals surface area contributed by atoms with E-state index >= 15 is 0 Å². The first-order chi connectivity index (χ1) is 9.90. The fraction of sp³-hybridized carbons (Fsp3) is 0.500. The molecule has 5 heteroatoms. The summed E-state index contributed by atoms with van der Waals surface area (Å²) in [6.07, 6.45) is 0.00575. The number of hydrogen-bond acceptors (Lipinski definition) is 3. The van der Waals surface area contributed by atoms with Gasteiger partial charge in [-0.05, 0) is 24.5 Å². The number of carboxylic acid groups (broad SMARTS) is 1. The van der Waals surface area contributed by atoms with Crippen LogP contribution in [0.5, 0.6) is 0 Å². The predicted octanol–water partition coefficient (Wildman–Crippen LogP) is 2.05. The number of rotatable bonds is 8. The van der Waals surface area contributed by atoms with Crippen LogP contribution in [0.15, 0.2) is 24.3 Å². The number of nitrogens with zero attached hydrogens (tertiary/aromatic N) is 1. The Morgan fingerprint density at radius 3 is 2.52 bits per heavy atom. The number of aliphatic carboxylic acids is 1. The third-order valence-corrected chi connectivity index (χ3v) is 3.09. The molecule has 0 aromatic heterocycles. The van der Waals surface area contributed by atoms with Crippen molar-refractivity contribution >= 4 is 17.6 Å². The van der Waals surface area contributed by atoms with Crippen molar-refractivity contribution in [2.75, 3.05) is 24.5 Å². The number of aryl methyl sites for hydroxylation is 1. The lowest BCUT2D eigenvalue weighted by molar-refractivity contribution is -0.136. The molecule has 0 radical (unpaired) electrons. The second-order valence-corrected chi connectivity index (χ2v) is 5.55. The summed E-state index contributed by atoms with van der Waals surface area (Å²) in [4.78, 5) is 24.6. The van der Waals surface area contributed by atoms with Crippen LogP contribution in [0.3, 0.4) is 0 Å². The van der Waals surface area contributed by atoms with Gasteiger partial charge in [-0.1, -0.05) is 32.0 Å². The molecule has 1 amide bonds. The van der Waals surface area contributed by atoms with Crippen LogP contribution in [0.4, 0.5) is 5.69 Å². The third-order valence-electron chi connectivity index (χ3n) is 3.09. The summed E-state index contributed by atoms with van der Waals surface area (Å²) in [6, 6.07) is 7.68. The molecular weight excluding hydrogens is 268 g/mol. The summed E-state index contributed by atoms with van der Waals surface area (Å²) < 4.78 is 0. The van der Waals surface area contributed by atoms with Crippen LogP contribution in [0.25, 0.3) is 0 Å². The standard InChI is InChI=1S/C16H24N2O3/c1-12(2)10-17-15(19)11-18(9-8-16(20)21)14-7-5-4-6-13(14)3/h4-7,12H,8-11H2,1-3H3,(H,17,19)(H,20,21). The molecular formula is C16H24N2O3. The first-order valence-corrected chi connectivity index (χ1v) is 7.19. The molecule has 0 aliphatic carbocycles. The average molecular weight is 292 g/mol. The fourth-order valence-electron chi connectivity index (χ4n) is 1.98. The van der Waals surface area contributed by atoms with Crippen LogP contribution in [-0.2, 0) is 9.59 Å². The highest BCUT2D eigenvalue weighted by Gasteiger charge is 2.14. The van der Waals surface area contributed by atoms with Crippen molar-refractivity contribution in [1.82, 2.24) is 5.32 Å². The van der Waals surface area contributed by atoms with Crippen molar-refractivity contribution in [3.63, 3.8) is 0 Å². The van der Waals surface area contributed by atoms with Gasteiger partial charge < -0.3 is 15.3 Å². The molecule has 2 N–H and O–H groups in total. The number of carbonyl (C=O) groups excluding carboxylic acids is 1. The van der Waals surface area contributed by atoms with Crippen molar-refractivity contribution in [3.8, 4) is 0 Å². The van der Waals surface area contributed by atoms with Crippen LogP contribution < -0.4 is 10.2 Å². The maximum atomic E-state index is 12.0. The number of benzene rings is 1. The van der Waals surface area contributed by atoms with E-state index in [0.29, 0.717) is 19.0 Å². The lowest BCUT2D eigenvalue weighted by atomic mass is 10.1. The second-order valence-electron chi connectivity index (χ2n) is 5.55. The molecule has 1 aromatic carbocycles. The van der Waals surface area contributed by atoms with Crippen LogP contribution in [0, 0.1) is 12.8 Å². The molecule has 116 valence electrons. The highest BCUT2D eigenvalue weighted by molar-refractivity contribution is 5.82. The Morgan fingerprint density at radius 2 is 1.95 bits per heavy atom. The van der Waals surface area contributed by atoms with Crippen molar-refractivity contribution < 1.29 is 14.7 Å². The van der Waals surface area contributed by atoms with Gasteiger partial charge in [0.05, 0.1) is 13.0 Å². The summed E-state index contributed by atoms with van der Waals surface area (Å²) >= 11 is 0. The van der Waals surface area contributed by atoms with Crippen molar-refractivity contribution in [1.29, 1.82) is 0 Å². The SMILES string of the molecule is Cc1ccccc1N(CCC(=O)O)CC(=O)NCC(C)C. The number of carboxylic acids is 1. The van der Waals surface area contributed by atoms with Crippen molar-refractivity contribution in [2.24, 2.45) is 5.92 Å². The lowest BCUT2D eigenvalue weighted by Gasteiger charge is -2.25. The topological polar surface area (TPSA) is 69.6 Å². The summed E-state index contributed by atoms with van der Waals surface area (Å²) in [6.45, 7) is 7.13. The monoisotopic (exact) mass is 292 g/mol. The van der Waals surface area contributed by atoms with Gasteiger partial charge in [0.25, 0.3) is 0 Å². The quantitative estimate of drug-likeness (QED) is 0.769. The lowest BCUT2D eigenvalue weighted by Crippen LogP contribution is -2.39. The zero-order valence-electron chi connectivity index (χ0n) is 12.9. The van der Waals surface area contributed by atoms with Gasteiger partial charge >= 0.3 is 5.97 Å².